The molecule has 0 aliphatic heterocycles. The number of benzene rings is 10. The van der Waals surface area contributed by atoms with Gasteiger partial charge in [0.05, 0.1) is 0 Å². The van der Waals surface area contributed by atoms with Gasteiger partial charge in [-0.1, -0.05) is 184 Å². The van der Waals surface area contributed by atoms with Gasteiger partial charge in [-0.05, 0) is 157 Å². The maximum Gasteiger partial charge on any atom is 0.0159 e. The van der Waals surface area contributed by atoms with Crippen LogP contribution >= 0.6 is 0 Å². The van der Waals surface area contributed by atoms with Crippen LogP contribution in [0.5, 0.6) is 0 Å². The van der Waals surface area contributed by atoms with Gasteiger partial charge < -0.3 is 0 Å². The first-order chi connectivity index (χ1) is 29.0. The van der Waals surface area contributed by atoms with Crippen molar-refractivity contribution in [2.24, 2.45) is 0 Å². The number of hydrogen-bond acceptors (Lipinski definition) is 0. The van der Waals surface area contributed by atoms with Crippen molar-refractivity contribution >= 4 is 21.5 Å². The second kappa shape index (κ2) is 11.9. The fraction of sp³-hybridized carbons (Fsp3) is 0.0508. The highest BCUT2D eigenvalue weighted by Crippen LogP contribution is 2.60. The molecule has 0 saturated carbocycles. The quantitative estimate of drug-likeness (QED) is 0.168. The van der Waals surface area contributed by atoms with E-state index in [2.05, 4.69) is 208 Å². The predicted molar refractivity (Wildman–Crippen MR) is 250 cm³/mol. The van der Waals surface area contributed by atoms with Crippen LogP contribution in [0.1, 0.15) is 25.0 Å². The zero-order valence-corrected chi connectivity index (χ0v) is 33.0. The van der Waals surface area contributed by atoms with Gasteiger partial charge in [-0.15, -0.1) is 0 Å². The van der Waals surface area contributed by atoms with E-state index in [0.29, 0.717) is 0 Å². The minimum atomic E-state index is -0.172. The van der Waals surface area contributed by atoms with E-state index in [0.717, 1.165) is 0 Å². The number of hydrogen-bond donors (Lipinski definition) is 0. The van der Waals surface area contributed by atoms with Crippen molar-refractivity contribution in [3.63, 3.8) is 0 Å². The lowest BCUT2D eigenvalue weighted by atomic mass is 9.80. The molecule has 10 aromatic rings. The smallest absolute Gasteiger partial charge is 0.0159 e. The maximum atomic E-state index is 2.54. The van der Waals surface area contributed by atoms with Gasteiger partial charge in [0.1, 0.15) is 0 Å². The average Bonchev–Trinajstić information content (AvgIpc) is 3.87. The van der Waals surface area contributed by atoms with Gasteiger partial charge in [0, 0.05) is 5.41 Å². The summed E-state index contributed by atoms with van der Waals surface area (Å²) in [6.45, 7) is 4.87. The molecule has 0 heterocycles. The van der Waals surface area contributed by atoms with Crippen LogP contribution in [0.4, 0.5) is 0 Å². The third kappa shape index (κ3) is 4.44. The molecule has 0 amide bonds. The molecule has 274 valence electrons. The summed E-state index contributed by atoms with van der Waals surface area (Å²) < 4.78 is 0. The summed E-state index contributed by atoms with van der Waals surface area (Å²) in [5, 5.41) is 5.40. The molecule has 0 atom stereocenters. The van der Waals surface area contributed by atoms with Crippen LogP contribution in [0, 0.1) is 0 Å². The van der Waals surface area contributed by atoms with Crippen molar-refractivity contribution in [3.8, 4) is 100 Å². The van der Waals surface area contributed by atoms with Gasteiger partial charge >= 0.3 is 0 Å². The molecule has 13 rings (SSSR count). The van der Waals surface area contributed by atoms with Crippen molar-refractivity contribution in [1.82, 2.24) is 0 Å². The Balaban J connectivity index is 1.03. The van der Waals surface area contributed by atoms with Gasteiger partial charge in [0.15, 0.2) is 0 Å². The summed E-state index contributed by atoms with van der Waals surface area (Å²) in [5.41, 5.74) is 26.2. The maximum absolute atomic E-state index is 2.54. The number of rotatable bonds is 4. The lowest BCUT2D eigenvalue weighted by Gasteiger charge is -2.23. The first-order valence-electron chi connectivity index (χ1n) is 20.8. The molecule has 0 radical (unpaired) electrons. The Bertz CT molecular complexity index is 3090. The highest BCUT2D eigenvalue weighted by atomic mass is 14.4. The van der Waals surface area contributed by atoms with Gasteiger partial charge in [0.2, 0.25) is 0 Å². The second-order valence-corrected chi connectivity index (χ2v) is 17.1. The van der Waals surface area contributed by atoms with E-state index >= 15 is 0 Å². The Morgan fingerprint density at radius 2 is 0.458 bits per heavy atom. The minimum Gasteiger partial charge on any atom is -0.0622 e. The molecule has 0 fully saturated rings. The number of fused-ring (bicyclic) bond motifs is 9. The van der Waals surface area contributed by atoms with E-state index in [-0.39, 0.29) is 5.41 Å². The fourth-order valence-electron chi connectivity index (χ4n) is 11.0. The third-order valence-electron chi connectivity index (χ3n) is 13.8. The molecule has 59 heavy (non-hydrogen) atoms. The highest BCUT2D eigenvalue weighted by Gasteiger charge is 2.40. The molecular formula is C59H38. The van der Waals surface area contributed by atoms with E-state index in [4.69, 9.17) is 0 Å². The molecule has 0 heteroatoms. The van der Waals surface area contributed by atoms with Crippen molar-refractivity contribution in [3.05, 3.63) is 205 Å². The van der Waals surface area contributed by atoms with Crippen LogP contribution < -0.4 is 0 Å². The van der Waals surface area contributed by atoms with E-state index < -0.39 is 0 Å². The molecular weight excluding hydrogens is 709 g/mol. The molecule has 3 aliphatic carbocycles. The van der Waals surface area contributed by atoms with Gasteiger partial charge in [-0.3, -0.25) is 0 Å². The SMILES string of the molecule is CC1(C)c2cc3c(cc2-c2cc4c(cc21)-c1ccc(-c2ccccc2)c2c(-c5ccccc5)ccc-4c12)-c1ccc(-c2ccccc2)c2c(-c4ccccc4)ccc-3c12. The summed E-state index contributed by atoms with van der Waals surface area (Å²) in [4.78, 5) is 0. The Morgan fingerprint density at radius 3 is 0.746 bits per heavy atom. The summed E-state index contributed by atoms with van der Waals surface area (Å²) in [7, 11) is 0. The van der Waals surface area contributed by atoms with Crippen molar-refractivity contribution in [2.75, 3.05) is 0 Å². The van der Waals surface area contributed by atoms with E-state index in [1.165, 1.54) is 133 Å². The van der Waals surface area contributed by atoms with Gasteiger partial charge in [0.25, 0.3) is 0 Å². The van der Waals surface area contributed by atoms with E-state index in [9.17, 15) is 0 Å². The molecule has 0 bridgehead atoms. The first kappa shape index (κ1) is 32.8. The summed E-state index contributed by atoms with van der Waals surface area (Å²) in [6.07, 6.45) is 0. The van der Waals surface area contributed by atoms with Crippen LogP contribution in [0.25, 0.3) is 122 Å². The predicted octanol–water partition coefficient (Wildman–Crippen LogP) is 16.3. The first-order valence-corrected chi connectivity index (χ1v) is 20.8. The molecule has 0 saturated heterocycles. The molecule has 0 spiro atoms. The van der Waals surface area contributed by atoms with Gasteiger partial charge in [-0.2, -0.15) is 0 Å². The molecule has 3 aliphatic rings. The van der Waals surface area contributed by atoms with Crippen molar-refractivity contribution in [1.29, 1.82) is 0 Å². The molecule has 0 unspecified atom stereocenters. The van der Waals surface area contributed by atoms with Crippen LogP contribution in [-0.4, -0.2) is 0 Å². The van der Waals surface area contributed by atoms with E-state index in [1.54, 1.807) is 0 Å². The summed E-state index contributed by atoms with van der Waals surface area (Å²) in [5.74, 6) is 0. The third-order valence-corrected chi connectivity index (χ3v) is 13.8. The monoisotopic (exact) mass is 746 g/mol. The molecule has 0 aromatic heterocycles. The second-order valence-electron chi connectivity index (χ2n) is 17.1. The molecule has 0 N–H and O–H groups in total. The van der Waals surface area contributed by atoms with Crippen LogP contribution in [-0.2, 0) is 5.41 Å². The highest BCUT2D eigenvalue weighted by molar-refractivity contribution is 6.25. The van der Waals surface area contributed by atoms with Gasteiger partial charge in [-0.25, -0.2) is 0 Å². The summed E-state index contributed by atoms with van der Waals surface area (Å²) >= 11 is 0. The Kier molecular flexibility index (Phi) is 6.60. The van der Waals surface area contributed by atoms with Crippen LogP contribution in [0.2, 0.25) is 0 Å². The Labute approximate surface area is 344 Å². The minimum absolute atomic E-state index is 0.172. The van der Waals surface area contributed by atoms with E-state index in [1.807, 2.05) is 0 Å². The fourth-order valence-corrected chi connectivity index (χ4v) is 11.0. The summed E-state index contributed by atoms with van der Waals surface area (Å²) in [6, 6.07) is 72.8. The standard InChI is InChI=1S/C59H38/c1-59(2)53-33-49-45-29-25-41(37-19-11-5-12-20-37)55-39(35-15-7-3-8-16-35)23-27-43(57(45)55)47(49)31-51(53)52-32-48-44-28-24-40(36-17-9-4-10-18-36)56-42(38-21-13-6-14-22-38)26-30-46(58(44)56)50(48)34-54(52)59/h3-34H,1-2H3. The lowest BCUT2D eigenvalue weighted by Crippen LogP contribution is -2.15. The zero-order chi connectivity index (χ0) is 39.0. The normalized spacial score (nSPS) is 13.4. The Morgan fingerprint density at radius 1 is 0.220 bits per heavy atom. The van der Waals surface area contributed by atoms with Crippen molar-refractivity contribution < 1.29 is 0 Å². The zero-order valence-electron chi connectivity index (χ0n) is 33.0. The van der Waals surface area contributed by atoms with Crippen molar-refractivity contribution in [2.45, 2.75) is 19.3 Å². The molecule has 0 nitrogen and oxygen atoms in total. The Hall–Kier alpha value is -7.28. The van der Waals surface area contributed by atoms with Crippen LogP contribution in [0.15, 0.2) is 194 Å². The largest absolute Gasteiger partial charge is 0.0622 e. The lowest BCUT2D eigenvalue weighted by molar-refractivity contribution is 0.661. The molecule has 10 aromatic carbocycles. The average molecular weight is 747 g/mol. The van der Waals surface area contributed by atoms with Crippen LogP contribution in [0.3, 0.4) is 0 Å². The topological polar surface area (TPSA) is 0 Å².